The summed E-state index contributed by atoms with van der Waals surface area (Å²) in [6.07, 6.45) is 7.63. The zero-order chi connectivity index (χ0) is 30.7. The molecule has 0 unspecified atom stereocenters. The van der Waals surface area contributed by atoms with Gasteiger partial charge in [-0.1, -0.05) is 43.5 Å². The second-order valence-electron chi connectivity index (χ2n) is 10.9. The molecule has 0 atom stereocenters. The summed E-state index contributed by atoms with van der Waals surface area (Å²) in [7, 11) is -3.63. The third kappa shape index (κ3) is 6.29. The van der Waals surface area contributed by atoms with Crippen molar-refractivity contribution in [3.05, 3.63) is 82.0 Å². The van der Waals surface area contributed by atoms with Gasteiger partial charge < -0.3 is 20.1 Å². The van der Waals surface area contributed by atoms with E-state index in [4.69, 9.17) is 9.73 Å². The van der Waals surface area contributed by atoms with Gasteiger partial charge in [0, 0.05) is 29.6 Å². The predicted octanol–water partition coefficient (Wildman–Crippen LogP) is 5.52. The highest BCUT2D eigenvalue weighted by Crippen LogP contribution is 2.36. The van der Waals surface area contributed by atoms with E-state index >= 15 is 0 Å². The van der Waals surface area contributed by atoms with Gasteiger partial charge in [0.15, 0.2) is 11.5 Å². The van der Waals surface area contributed by atoms with Crippen LogP contribution in [-0.4, -0.2) is 65.2 Å². The van der Waals surface area contributed by atoms with Gasteiger partial charge in [0.2, 0.25) is 20.6 Å². The third-order valence-corrected chi connectivity index (χ3v) is 10.8. The van der Waals surface area contributed by atoms with Crippen molar-refractivity contribution in [2.45, 2.75) is 42.9 Å². The molecular formula is C32H34N4O6S2. The quantitative estimate of drug-likeness (QED) is 0.181. The Bertz CT molecular complexity index is 1820. The average molecular weight is 635 g/mol. The lowest BCUT2D eigenvalue weighted by molar-refractivity contribution is 0.0730. The van der Waals surface area contributed by atoms with Gasteiger partial charge >= 0.3 is 0 Å². The van der Waals surface area contributed by atoms with Crippen LogP contribution in [0.2, 0.25) is 0 Å². The molecule has 0 spiro atoms. The maximum atomic E-state index is 13.1. The van der Waals surface area contributed by atoms with E-state index in [0.29, 0.717) is 42.7 Å². The molecule has 0 radical (unpaired) electrons. The molecule has 1 aliphatic carbocycles. The fourth-order valence-electron chi connectivity index (χ4n) is 5.60. The van der Waals surface area contributed by atoms with E-state index in [1.165, 1.54) is 71.7 Å². The molecular weight excluding hydrogens is 601 g/mol. The number of phenols is 3. The fraction of sp³-hybridized carbons (Fsp3) is 0.312. The molecule has 230 valence electrons. The van der Waals surface area contributed by atoms with Crippen molar-refractivity contribution in [1.82, 2.24) is 8.98 Å². The van der Waals surface area contributed by atoms with Crippen molar-refractivity contribution in [2.24, 2.45) is 10.1 Å². The zero-order valence-electron chi connectivity index (χ0n) is 24.0. The molecule has 1 saturated carbocycles. The molecule has 1 aliphatic heterocycles. The van der Waals surface area contributed by atoms with E-state index in [1.807, 2.05) is 5.38 Å². The number of rotatable bonds is 7. The minimum absolute atomic E-state index is 0.191. The van der Waals surface area contributed by atoms with E-state index in [9.17, 15) is 23.7 Å². The van der Waals surface area contributed by atoms with Gasteiger partial charge in [-0.05, 0) is 60.7 Å². The average Bonchev–Trinajstić information content (AvgIpc) is 3.46. The number of phenolic OH excluding ortho intramolecular Hbond substituents is 3. The molecule has 1 aromatic heterocycles. The highest BCUT2D eigenvalue weighted by atomic mass is 32.2. The summed E-state index contributed by atoms with van der Waals surface area (Å²) in [4.78, 5) is 5.47. The van der Waals surface area contributed by atoms with Gasteiger partial charge in [-0.3, -0.25) is 0 Å². The minimum atomic E-state index is -3.63. The van der Waals surface area contributed by atoms with Crippen LogP contribution in [0.1, 0.15) is 49.1 Å². The number of morpholine rings is 1. The summed E-state index contributed by atoms with van der Waals surface area (Å²) in [5.74, 6) is -0.967. The highest BCUT2D eigenvalue weighted by Gasteiger charge is 2.26. The SMILES string of the molecule is O=S(=O)(c1ccc(N=c2scc(-c3ccc(C4CCCCC4)cc3)n2N=Cc2ccc(O)c(O)c2O)cc1)N1CCOCC1. The topological polar surface area (TPSA) is 137 Å². The molecule has 2 fully saturated rings. The van der Waals surface area contributed by atoms with Gasteiger partial charge in [0.05, 0.1) is 35.7 Å². The molecule has 0 amide bonds. The van der Waals surface area contributed by atoms with Crippen LogP contribution in [0, 0.1) is 0 Å². The number of aromatic nitrogens is 1. The second kappa shape index (κ2) is 12.9. The van der Waals surface area contributed by atoms with Crippen LogP contribution in [0.5, 0.6) is 17.2 Å². The van der Waals surface area contributed by atoms with Gasteiger partial charge in [0.1, 0.15) is 0 Å². The molecule has 12 heteroatoms. The van der Waals surface area contributed by atoms with Gasteiger partial charge in [-0.15, -0.1) is 11.3 Å². The molecule has 10 nitrogen and oxygen atoms in total. The van der Waals surface area contributed by atoms with Crippen molar-refractivity contribution in [1.29, 1.82) is 0 Å². The Balaban J connectivity index is 1.36. The first-order valence-corrected chi connectivity index (χ1v) is 16.9. The minimum Gasteiger partial charge on any atom is -0.504 e. The van der Waals surface area contributed by atoms with Gasteiger partial charge in [-0.2, -0.15) is 9.41 Å². The van der Waals surface area contributed by atoms with E-state index in [2.05, 4.69) is 29.4 Å². The summed E-state index contributed by atoms with van der Waals surface area (Å²) in [5.41, 5.74) is 3.79. The van der Waals surface area contributed by atoms with Crippen molar-refractivity contribution in [3.8, 4) is 28.5 Å². The maximum absolute atomic E-state index is 13.1. The Morgan fingerprint density at radius 1 is 0.864 bits per heavy atom. The first-order chi connectivity index (χ1) is 21.3. The van der Waals surface area contributed by atoms with E-state index < -0.39 is 27.3 Å². The molecule has 0 bridgehead atoms. The number of aromatic hydroxyl groups is 3. The van der Waals surface area contributed by atoms with Gasteiger partial charge in [0.25, 0.3) is 0 Å². The number of ether oxygens (including phenoxy) is 1. The first kappa shape index (κ1) is 30.1. The number of hydrogen-bond donors (Lipinski definition) is 3. The molecule has 4 aromatic rings. The Hall–Kier alpha value is -3.97. The van der Waals surface area contributed by atoms with Crippen molar-refractivity contribution in [2.75, 3.05) is 26.3 Å². The van der Waals surface area contributed by atoms with E-state index in [1.54, 1.807) is 28.9 Å². The Morgan fingerprint density at radius 2 is 1.57 bits per heavy atom. The fourth-order valence-corrected chi connectivity index (χ4v) is 7.86. The van der Waals surface area contributed by atoms with Crippen molar-refractivity contribution < 1.29 is 28.5 Å². The lowest BCUT2D eigenvalue weighted by atomic mass is 9.84. The molecule has 44 heavy (non-hydrogen) atoms. The summed E-state index contributed by atoms with van der Waals surface area (Å²) in [6.45, 7) is 1.39. The molecule has 1 saturated heterocycles. The number of sulfonamides is 1. The van der Waals surface area contributed by atoms with Crippen LogP contribution in [0.15, 0.2) is 81.0 Å². The lowest BCUT2D eigenvalue weighted by Crippen LogP contribution is -2.40. The number of hydrogen-bond acceptors (Lipinski definition) is 9. The standard InChI is InChI=1S/C32H34N4O6S2/c37-29-15-10-25(30(38)31(29)39)20-33-36-28(24-8-6-23(7-9-24)22-4-2-1-3-5-22)21-43-32(36)34-26-11-13-27(14-12-26)44(40,41)35-16-18-42-19-17-35/h6-15,20-22,37-39H,1-5,16-19H2. The van der Waals surface area contributed by atoms with Crippen molar-refractivity contribution >= 4 is 33.3 Å². The summed E-state index contributed by atoms with van der Waals surface area (Å²) in [5, 5.41) is 36.6. The van der Waals surface area contributed by atoms with Crippen LogP contribution in [0.25, 0.3) is 11.3 Å². The predicted molar refractivity (Wildman–Crippen MR) is 169 cm³/mol. The van der Waals surface area contributed by atoms with Crippen LogP contribution in [0.3, 0.4) is 0 Å². The van der Waals surface area contributed by atoms with Crippen LogP contribution >= 0.6 is 11.3 Å². The monoisotopic (exact) mass is 634 g/mol. The number of thiazole rings is 1. The van der Waals surface area contributed by atoms with Crippen LogP contribution in [-0.2, 0) is 14.8 Å². The summed E-state index contributed by atoms with van der Waals surface area (Å²) < 4.78 is 34.5. The maximum Gasteiger partial charge on any atom is 0.243 e. The number of nitrogens with zero attached hydrogens (tertiary/aromatic N) is 4. The molecule has 2 heterocycles. The van der Waals surface area contributed by atoms with Gasteiger partial charge in [-0.25, -0.2) is 18.1 Å². The van der Waals surface area contributed by atoms with Crippen molar-refractivity contribution in [3.63, 3.8) is 0 Å². The summed E-state index contributed by atoms with van der Waals surface area (Å²) in [6, 6.07) is 17.6. The Kier molecular flexibility index (Phi) is 8.85. The molecule has 6 rings (SSSR count). The first-order valence-electron chi connectivity index (χ1n) is 14.6. The highest BCUT2D eigenvalue weighted by molar-refractivity contribution is 7.89. The van der Waals surface area contributed by atoms with E-state index in [-0.39, 0.29) is 10.5 Å². The van der Waals surface area contributed by atoms with E-state index in [0.717, 1.165) is 11.3 Å². The lowest BCUT2D eigenvalue weighted by Gasteiger charge is -2.26. The van der Waals surface area contributed by atoms with Crippen LogP contribution in [0.4, 0.5) is 5.69 Å². The number of benzene rings is 3. The molecule has 3 aromatic carbocycles. The smallest absolute Gasteiger partial charge is 0.243 e. The summed E-state index contributed by atoms with van der Waals surface area (Å²) >= 11 is 1.37. The third-order valence-electron chi connectivity index (χ3n) is 8.11. The van der Waals surface area contributed by atoms with Crippen LogP contribution < -0.4 is 4.80 Å². The normalized spacial score (nSPS) is 17.4. The Morgan fingerprint density at radius 3 is 2.27 bits per heavy atom. The largest absolute Gasteiger partial charge is 0.504 e. The molecule has 2 aliphatic rings. The Labute approximate surface area is 259 Å². The second-order valence-corrected chi connectivity index (χ2v) is 13.7. The molecule has 3 N–H and O–H groups in total. The zero-order valence-corrected chi connectivity index (χ0v) is 25.7.